The molecule has 0 bridgehead atoms. The number of methoxy groups -OCH3 is 1. The Hall–Kier alpha value is -1.60. The van der Waals surface area contributed by atoms with Gasteiger partial charge in [0.25, 0.3) is 0 Å². The Balaban J connectivity index is 2.09. The Morgan fingerprint density at radius 2 is 1.95 bits per heavy atom. The lowest BCUT2D eigenvalue weighted by Crippen LogP contribution is -2.18. The highest BCUT2D eigenvalue weighted by molar-refractivity contribution is 7.89. The first-order valence-electron chi connectivity index (χ1n) is 7.30. The molecule has 1 aromatic rings. The first kappa shape index (κ1) is 16.8. The zero-order valence-corrected chi connectivity index (χ0v) is 13.4. The summed E-state index contributed by atoms with van der Waals surface area (Å²) in [6.45, 7) is 0.371. The van der Waals surface area contributed by atoms with Crippen LogP contribution in [0.4, 0.5) is 0 Å². The maximum Gasteiger partial charge on any atom is 0.338 e. The molecule has 0 aromatic heterocycles. The van der Waals surface area contributed by atoms with Crippen molar-refractivity contribution in [2.45, 2.75) is 37.0 Å². The molecule has 2 rings (SSSR count). The van der Waals surface area contributed by atoms with E-state index in [0.29, 0.717) is 12.5 Å². The standard InChI is InChI=1S/C15H21NO5S/c1-20-13-8-7-12(9-14(13)22(16,18)19)15(17)21-10-11-5-3-2-4-6-11/h7-9,11H,2-6,10H2,1H3,(H2,16,18,19). The van der Waals surface area contributed by atoms with E-state index in [0.717, 1.165) is 12.8 Å². The number of rotatable bonds is 5. The lowest BCUT2D eigenvalue weighted by atomic mass is 9.90. The zero-order chi connectivity index (χ0) is 16.2. The van der Waals surface area contributed by atoms with Crippen molar-refractivity contribution in [1.29, 1.82) is 0 Å². The van der Waals surface area contributed by atoms with E-state index in [1.165, 1.54) is 44.6 Å². The van der Waals surface area contributed by atoms with E-state index >= 15 is 0 Å². The predicted molar refractivity (Wildman–Crippen MR) is 81.2 cm³/mol. The second kappa shape index (κ2) is 7.11. The molecule has 7 heteroatoms. The first-order chi connectivity index (χ1) is 10.4. The number of esters is 1. The molecule has 0 heterocycles. The van der Waals surface area contributed by atoms with Gasteiger partial charge in [-0.15, -0.1) is 0 Å². The quantitative estimate of drug-likeness (QED) is 0.835. The number of sulfonamides is 1. The number of nitrogens with two attached hydrogens (primary N) is 1. The molecule has 6 nitrogen and oxygen atoms in total. The summed E-state index contributed by atoms with van der Waals surface area (Å²) >= 11 is 0. The van der Waals surface area contributed by atoms with E-state index in [1.54, 1.807) is 0 Å². The monoisotopic (exact) mass is 327 g/mol. The largest absolute Gasteiger partial charge is 0.495 e. The molecule has 0 aliphatic heterocycles. The Bertz CT molecular complexity index is 635. The molecule has 0 amide bonds. The molecule has 1 aromatic carbocycles. The fourth-order valence-corrected chi connectivity index (χ4v) is 3.38. The number of benzene rings is 1. The van der Waals surface area contributed by atoms with E-state index in [9.17, 15) is 13.2 Å². The number of carbonyl (C=O) groups excluding carboxylic acids is 1. The van der Waals surface area contributed by atoms with Gasteiger partial charge in [0.1, 0.15) is 10.6 Å². The fourth-order valence-electron chi connectivity index (χ4n) is 2.66. The van der Waals surface area contributed by atoms with Gasteiger partial charge in [-0.1, -0.05) is 19.3 Å². The van der Waals surface area contributed by atoms with Crippen molar-refractivity contribution in [1.82, 2.24) is 0 Å². The highest BCUT2D eigenvalue weighted by atomic mass is 32.2. The summed E-state index contributed by atoms with van der Waals surface area (Å²) in [5, 5.41) is 5.13. The molecular weight excluding hydrogens is 306 g/mol. The normalized spacial score (nSPS) is 16.3. The summed E-state index contributed by atoms with van der Waals surface area (Å²) < 4.78 is 33.3. The van der Waals surface area contributed by atoms with E-state index < -0.39 is 16.0 Å². The van der Waals surface area contributed by atoms with Crippen molar-refractivity contribution < 1.29 is 22.7 Å². The van der Waals surface area contributed by atoms with Gasteiger partial charge in [-0.25, -0.2) is 18.4 Å². The van der Waals surface area contributed by atoms with Crippen LogP contribution in [0.25, 0.3) is 0 Å². The Kier molecular flexibility index (Phi) is 5.42. The van der Waals surface area contributed by atoms with E-state index in [1.807, 2.05) is 0 Å². The van der Waals surface area contributed by atoms with Crippen LogP contribution in [0.15, 0.2) is 23.1 Å². The lowest BCUT2D eigenvalue weighted by molar-refractivity contribution is 0.0410. The highest BCUT2D eigenvalue weighted by Gasteiger charge is 2.20. The molecule has 122 valence electrons. The van der Waals surface area contributed by atoms with E-state index in [4.69, 9.17) is 14.6 Å². The summed E-state index contributed by atoms with van der Waals surface area (Å²) in [5.74, 6) is -0.0434. The number of carbonyl (C=O) groups is 1. The molecule has 0 spiro atoms. The summed E-state index contributed by atoms with van der Waals surface area (Å²) in [6.07, 6.45) is 5.71. The molecule has 0 saturated heterocycles. The number of hydrogen-bond acceptors (Lipinski definition) is 5. The summed E-state index contributed by atoms with van der Waals surface area (Å²) in [6, 6.07) is 4.06. The van der Waals surface area contributed by atoms with Crippen molar-refractivity contribution in [3.63, 3.8) is 0 Å². The van der Waals surface area contributed by atoms with Gasteiger partial charge in [0.15, 0.2) is 0 Å². The van der Waals surface area contributed by atoms with E-state index in [-0.39, 0.29) is 16.2 Å². The third kappa shape index (κ3) is 4.20. The highest BCUT2D eigenvalue weighted by Crippen LogP contribution is 2.26. The lowest BCUT2D eigenvalue weighted by Gasteiger charge is -2.21. The predicted octanol–water partition coefficient (Wildman–Crippen LogP) is 2.08. The van der Waals surface area contributed by atoms with Gasteiger partial charge in [-0.2, -0.15) is 0 Å². The second-order valence-corrected chi connectivity index (χ2v) is 7.04. The minimum absolute atomic E-state index is 0.103. The maximum atomic E-state index is 12.1. The average Bonchev–Trinajstić information content (AvgIpc) is 2.52. The second-order valence-electron chi connectivity index (χ2n) is 5.51. The number of ether oxygens (including phenoxy) is 2. The minimum atomic E-state index is -3.97. The fraction of sp³-hybridized carbons (Fsp3) is 0.533. The Labute approximate surface area is 130 Å². The molecule has 1 saturated carbocycles. The van der Waals surface area contributed by atoms with Crippen LogP contribution in [0.2, 0.25) is 0 Å². The summed E-state index contributed by atoms with van der Waals surface area (Å²) in [4.78, 5) is 11.8. The number of primary sulfonamides is 1. The van der Waals surface area contributed by atoms with Crippen LogP contribution >= 0.6 is 0 Å². The summed E-state index contributed by atoms with van der Waals surface area (Å²) in [7, 11) is -2.63. The van der Waals surface area contributed by atoms with Gasteiger partial charge in [0.2, 0.25) is 10.0 Å². The molecular formula is C15H21NO5S. The molecule has 0 atom stereocenters. The van der Waals surface area contributed by atoms with Crippen LogP contribution in [0.5, 0.6) is 5.75 Å². The third-order valence-electron chi connectivity index (χ3n) is 3.88. The third-order valence-corrected chi connectivity index (χ3v) is 4.81. The van der Waals surface area contributed by atoms with Crippen molar-refractivity contribution in [3.8, 4) is 5.75 Å². The topological polar surface area (TPSA) is 95.7 Å². The minimum Gasteiger partial charge on any atom is -0.495 e. The van der Waals surface area contributed by atoms with Gasteiger partial charge >= 0.3 is 5.97 Å². The van der Waals surface area contributed by atoms with Crippen molar-refractivity contribution in [2.24, 2.45) is 11.1 Å². The van der Waals surface area contributed by atoms with Gasteiger partial charge in [-0.3, -0.25) is 0 Å². The van der Waals surface area contributed by atoms with Crippen LogP contribution in [0.3, 0.4) is 0 Å². The van der Waals surface area contributed by atoms with Gasteiger partial charge in [0, 0.05) is 0 Å². The summed E-state index contributed by atoms with van der Waals surface area (Å²) in [5.41, 5.74) is 0.153. The molecule has 1 aliphatic rings. The molecule has 2 N–H and O–H groups in total. The SMILES string of the molecule is COc1ccc(C(=O)OCC2CCCCC2)cc1S(N)(=O)=O. The molecule has 0 unspecified atom stereocenters. The Morgan fingerprint density at radius 1 is 1.27 bits per heavy atom. The van der Waals surface area contributed by atoms with Gasteiger partial charge in [0.05, 0.1) is 19.3 Å². The van der Waals surface area contributed by atoms with Gasteiger partial charge < -0.3 is 9.47 Å². The average molecular weight is 327 g/mol. The maximum absolute atomic E-state index is 12.1. The van der Waals surface area contributed by atoms with Crippen molar-refractivity contribution in [3.05, 3.63) is 23.8 Å². The molecule has 22 heavy (non-hydrogen) atoms. The Morgan fingerprint density at radius 3 is 2.55 bits per heavy atom. The van der Waals surface area contributed by atoms with Crippen molar-refractivity contribution in [2.75, 3.05) is 13.7 Å². The smallest absolute Gasteiger partial charge is 0.338 e. The van der Waals surface area contributed by atoms with Crippen LogP contribution in [0, 0.1) is 5.92 Å². The van der Waals surface area contributed by atoms with E-state index in [2.05, 4.69) is 0 Å². The van der Waals surface area contributed by atoms with Crippen LogP contribution in [-0.4, -0.2) is 28.1 Å². The van der Waals surface area contributed by atoms with Gasteiger partial charge in [-0.05, 0) is 37.0 Å². The molecule has 1 fully saturated rings. The molecule has 0 radical (unpaired) electrons. The van der Waals surface area contributed by atoms with Crippen molar-refractivity contribution >= 4 is 16.0 Å². The first-order valence-corrected chi connectivity index (χ1v) is 8.84. The molecule has 1 aliphatic carbocycles. The number of hydrogen-bond donors (Lipinski definition) is 1. The van der Waals surface area contributed by atoms with Crippen LogP contribution in [0.1, 0.15) is 42.5 Å². The van der Waals surface area contributed by atoms with Crippen LogP contribution in [-0.2, 0) is 14.8 Å². The van der Waals surface area contributed by atoms with Crippen LogP contribution < -0.4 is 9.88 Å². The zero-order valence-electron chi connectivity index (χ0n) is 12.6.